The maximum absolute atomic E-state index is 6.15. The molecule has 0 radical (unpaired) electrons. The van der Waals surface area contributed by atoms with Crippen LogP contribution in [-0.2, 0) is 9.47 Å². The molecule has 0 aromatic heterocycles. The average Bonchev–Trinajstić information content (AvgIpc) is 2.58. The lowest BCUT2D eigenvalue weighted by Gasteiger charge is -2.46. The van der Waals surface area contributed by atoms with Gasteiger partial charge in [-0.05, 0) is 46.6 Å². The third-order valence-corrected chi connectivity index (χ3v) is 5.42. The summed E-state index contributed by atoms with van der Waals surface area (Å²) in [7, 11) is 0. The average molecular weight is 359 g/mol. The summed E-state index contributed by atoms with van der Waals surface area (Å²) >= 11 is 0. The van der Waals surface area contributed by atoms with Crippen LogP contribution in [0.25, 0.3) is 0 Å². The molecule has 3 N–H and O–H groups in total. The van der Waals surface area contributed by atoms with Crippen LogP contribution in [0.1, 0.15) is 92.4 Å². The first-order valence-corrected chi connectivity index (χ1v) is 10.7. The Morgan fingerprint density at radius 3 is 1.88 bits per heavy atom. The highest BCUT2D eigenvalue weighted by molar-refractivity contribution is 4.88. The highest BCUT2D eigenvalue weighted by atomic mass is 16.7. The molecular formula is C21H46N2O2. The third-order valence-electron chi connectivity index (χ3n) is 5.42. The Morgan fingerprint density at radius 2 is 1.32 bits per heavy atom. The molecule has 152 valence electrons. The number of hydrogen-bond acceptors (Lipinski definition) is 4. The summed E-state index contributed by atoms with van der Waals surface area (Å²) in [6.45, 7) is 14.9. The Balaban J connectivity index is 4.70. The van der Waals surface area contributed by atoms with E-state index < -0.39 is 5.79 Å². The second kappa shape index (κ2) is 15.0. The third kappa shape index (κ3) is 9.93. The van der Waals surface area contributed by atoms with Crippen LogP contribution in [0.5, 0.6) is 0 Å². The number of hydrogen-bond donors (Lipinski definition) is 2. The van der Waals surface area contributed by atoms with Gasteiger partial charge in [0.05, 0.1) is 0 Å². The van der Waals surface area contributed by atoms with Gasteiger partial charge in [-0.3, -0.25) is 0 Å². The predicted molar refractivity (Wildman–Crippen MR) is 109 cm³/mol. The minimum absolute atomic E-state index is 0.0359. The van der Waals surface area contributed by atoms with Crippen molar-refractivity contribution < 1.29 is 9.47 Å². The number of rotatable bonds is 18. The van der Waals surface area contributed by atoms with E-state index in [0.717, 1.165) is 32.4 Å². The lowest BCUT2D eigenvalue weighted by molar-refractivity contribution is -0.286. The van der Waals surface area contributed by atoms with E-state index in [-0.39, 0.29) is 5.41 Å². The van der Waals surface area contributed by atoms with E-state index in [1.165, 1.54) is 38.5 Å². The summed E-state index contributed by atoms with van der Waals surface area (Å²) in [5.41, 5.74) is 5.59. The van der Waals surface area contributed by atoms with Crippen LogP contribution in [0, 0.1) is 5.41 Å². The monoisotopic (exact) mass is 358 g/mol. The molecule has 0 amide bonds. The van der Waals surface area contributed by atoms with Crippen LogP contribution in [0.15, 0.2) is 0 Å². The molecule has 0 spiro atoms. The van der Waals surface area contributed by atoms with Crippen molar-refractivity contribution in [3.05, 3.63) is 0 Å². The number of ether oxygens (including phenoxy) is 2. The lowest BCUT2D eigenvalue weighted by atomic mass is 9.73. The van der Waals surface area contributed by atoms with E-state index in [1.807, 2.05) is 0 Å². The fraction of sp³-hybridized carbons (Fsp3) is 1.00. The van der Waals surface area contributed by atoms with Gasteiger partial charge in [0.2, 0.25) is 0 Å². The fourth-order valence-corrected chi connectivity index (χ4v) is 3.65. The fourth-order valence-electron chi connectivity index (χ4n) is 3.65. The van der Waals surface area contributed by atoms with Gasteiger partial charge in [-0.2, -0.15) is 0 Å². The molecule has 0 aliphatic rings. The van der Waals surface area contributed by atoms with Gasteiger partial charge in [0, 0.05) is 31.7 Å². The Hall–Kier alpha value is -0.160. The van der Waals surface area contributed by atoms with E-state index in [4.69, 9.17) is 15.2 Å². The van der Waals surface area contributed by atoms with Gasteiger partial charge in [0.15, 0.2) is 5.79 Å². The summed E-state index contributed by atoms with van der Waals surface area (Å²) in [6.07, 6.45) is 11.3. The van der Waals surface area contributed by atoms with Crippen molar-refractivity contribution >= 4 is 0 Å². The van der Waals surface area contributed by atoms with E-state index in [9.17, 15) is 0 Å². The van der Waals surface area contributed by atoms with Gasteiger partial charge in [0.1, 0.15) is 0 Å². The molecule has 0 saturated carbocycles. The van der Waals surface area contributed by atoms with Crippen molar-refractivity contribution in [2.45, 2.75) is 98.2 Å². The quantitative estimate of drug-likeness (QED) is 0.271. The minimum Gasteiger partial charge on any atom is -0.350 e. The Labute approximate surface area is 157 Å². The van der Waals surface area contributed by atoms with E-state index in [1.54, 1.807) is 0 Å². The normalized spacial score (nSPS) is 14.6. The molecule has 0 aromatic rings. The number of nitrogens with one attached hydrogen (secondary N) is 1. The summed E-state index contributed by atoms with van der Waals surface area (Å²) < 4.78 is 12.3. The van der Waals surface area contributed by atoms with Crippen molar-refractivity contribution in [1.29, 1.82) is 0 Å². The molecule has 1 atom stereocenters. The lowest BCUT2D eigenvalue weighted by Crippen LogP contribution is -2.49. The SMILES string of the molecule is CCCCCCCCC(C)(CCCNCCN)C(C)(OCC)OCC. The summed E-state index contributed by atoms with van der Waals surface area (Å²) in [5.74, 6) is -0.506. The molecule has 25 heavy (non-hydrogen) atoms. The second-order valence-electron chi connectivity index (χ2n) is 7.53. The highest BCUT2D eigenvalue weighted by Gasteiger charge is 2.45. The van der Waals surface area contributed by atoms with E-state index in [2.05, 4.69) is 39.9 Å². The number of nitrogens with two attached hydrogens (primary N) is 1. The standard InChI is InChI=1S/C21H46N2O2/c1-6-9-10-11-12-13-15-20(4,16-14-18-23-19-17-22)21(5,24-7-2)25-8-3/h23H,6-19,22H2,1-5H3. The van der Waals surface area contributed by atoms with Gasteiger partial charge in [0.25, 0.3) is 0 Å². The Bertz CT molecular complexity index is 294. The molecule has 0 saturated heterocycles. The van der Waals surface area contributed by atoms with Gasteiger partial charge in [-0.1, -0.05) is 52.4 Å². The first kappa shape index (κ1) is 24.8. The molecule has 0 aliphatic carbocycles. The first-order chi connectivity index (χ1) is 12.0. The molecule has 0 aliphatic heterocycles. The molecule has 0 fully saturated rings. The van der Waals surface area contributed by atoms with Crippen molar-refractivity contribution in [3.8, 4) is 0 Å². The number of unbranched alkanes of at least 4 members (excludes halogenated alkanes) is 5. The summed E-state index contributed by atoms with van der Waals surface area (Å²) in [4.78, 5) is 0. The Morgan fingerprint density at radius 1 is 0.760 bits per heavy atom. The van der Waals surface area contributed by atoms with Crippen LogP contribution < -0.4 is 11.1 Å². The maximum atomic E-state index is 6.15. The largest absolute Gasteiger partial charge is 0.350 e. The molecule has 4 nitrogen and oxygen atoms in total. The summed E-state index contributed by atoms with van der Waals surface area (Å²) in [5, 5.41) is 3.41. The zero-order valence-corrected chi connectivity index (χ0v) is 17.8. The molecule has 4 heteroatoms. The Kier molecular flexibility index (Phi) is 14.9. The van der Waals surface area contributed by atoms with Crippen molar-refractivity contribution in [2.24, 2.45) is 11.1 Å². The van der Waals surface area contributed by atoms with Gasteiger partial charge in [-0.25, -0.2) is 0 Å². The summed E-state index contributed by atoms with van der Waals surface area (Å²) in [6, 6.07) is 0. The van der Waals surface area contributed by atoms with Crippen molar-refractivity contribution in [2.75, 3.05) is 32.8 Å². The van der Waals surface area contributed by atoms with Gasteiger partial charge >= 0.3 is 0 Å². The predicted octanol–water partition coefficient (Wildman–Crippen LogP) is 4.86. The van der Waals surface area contributed by atoms with Crippen molar-refractivity contribution in [1.82, 2.24) is 5.32 Å². The zero-order chi connectivity index (χ0) is 19.0. The molecule has 0 bridgehead atoms. The van der Waals surface area contributed by atoms with Crippen LogP contribution in [0.2, 0.25) is 0 Å². The van der Waals surface area contributed by atoms with Gasteiger partial charge < -0.3 is 20.5 Å². The van der Waals surface area contributed by atoms with Crippen LogP contribution in [-0.4, -0.2) is 38.6 Å². The smallest absolute Gasteiger partial charge is 0.170 e. The van der Waals surface area contributed by atoms with Crippen LogP contribution >= 0.6 is 0 Å². The first-order valence-electron chi connectivity index (χ1n) is 10.7. The van der Waals surface area contributed by atoms with E-state index >= 15 is 0 Å². The molecule has 0 heterocycles. The topological polar surface area (TPSA) is 56.5 Å². The minimum atomic E-state index is -0.506. The van der Waals surface area contributed by atoms with Crippen LogP contribution in [0.3, 0.4) is 0 Å². The maximum Gasteiger partial charge on any atom is 0.170 e. The molecular weight excluding hydrogens is 312 g/mol. The van der Waals surface area contributed by atoms with Gasteiger partial charge in [-0.15, -0.1) is 0 Å². The van der Waals surface area contributed by atoms with E-state index in [0.29, 0.717) is 19.8 Å². The second-order valence-corrected chi connectivity index (χ2v) is 7.53. The van der Waals surface area contributed by atoms with Crippen LogP contribution in [0.4, 0.5) is 0 Å². The molecule has 0 rings (SSSR count). The molecule has 0 aromatic carbocycles. The van der Waals surface area contributed by atoms with Crippen molar-refractivity contribution in [3.63, 3.8) is 0 Å². The zero-order valence-electron chi connectivity index (χ0n) is 17.8. The molecule has 1 unspecified atom stereocenters. The highest BCUT2D eigenvalue weighted by Crippen LogP contribution is 2.44.